The Morgan fingerprint density at radius 1 is 1.12 bits per heavy atom. The predicted molar refractivity (Wildman–Crippen MR) is 133 cm³/mol. The number of hydrogen-bond donors (Lipinski definition) is 1. The van der Waals surface area contributed by atoms with Crippen LogP contribution in [0.2, 0.25) is 0 Å². The van der Waals surface area contributed by atoms with Crippen molar-refractivity contribution in [1.82, 2.24) is 4.90 Å². The molecule has 0 saturated carbocycles. The number of ether oxygens (including phenoxy) is 1. The summed E-state index contributed by atoms with van der Waals surface area (Å²) in [5.74, 6) is -0.464. The molecule has 7 heteroatoms. The molecular weight excluding hydrogens is 533 g/mol. The number of halogens is 1. The topological polar surface area (TPSA) is 80.0 Å². The van der Waals surface area contributed by atoms with Gasteiger partial charge in [-0.3, -0.25) is 9.59 Å². The summed E-state index contributed by atoms with van der Waals surface area (Å²) in [5, 5.41) is 11.2. The number of carbonyl (C=O) groups is 2. The van der Waals surface area contributed by atoms with E-state index in [1.54, 1.807) is 36.4 Å². The van der Waals surface area contributed by atoms with E-state index >= 15 is 0 Å². The molecule has 0 spiro atoms. The van der Waals surface area contributed by atoms with Crippen LogP contribution in [0, 0.1) is 3.57 Å². The molecule has 1 aromatic heterocycles. The third-order valence-corrected chi connectivity index (χ3v) is 6.23. The van der Waals surface area contributed by atoms with Crippen molar-refractivity contribution in [2.24, 2.45) is 0 Å². The van der Waals surface area contributed by atoms with Gasteiger partial charge >= 0.3 is 0 Å². The van der Waals surface area contributed by atoms with Crippen molar-refractivity contribution in [1.29, 1.82) is 0 Å². The molecule has 170 valence electrons. The molecule has 3 aromatic rings. The summed E-state index contributed by atoms with van der Waals surface area (Å²) in [6.07, 6.45) is 3.45. The molecule has 1 amide bonds. The van der Waals surface area contributed by atoms with Crippen molar-refractivity contribution in [3.8, 4) is 5.75 Å². The Hall–Kier alpha value is -3.07. The second-order valence-electron chi connectivity index (χ2n) is 7.79. The molecule has 0 bridgehead atoms. The van der Waals surface area contributed by atoms with Crippen LogP contribution in [0.4, 0.5) is 0 Å². The third kappa shape index (κ3) is 4.98. The zero-order valence-electron chi connectivity index (χ0n) is 18.2. The van der Waals surface area contributed by atoms with Gasteiger partial charge in [0, 0.05) is 9.13 Å². The summed E-state index contributed by atoms with van der Waals surface area (Å²) in [4.78, 5) is 27.6. The number of benzene rings is 2. The smallest absolute Gasteiger partial charge is 0.296 e. The average molecular weight is 557 g/mol. The van der Waals surface area contributed by atoms with E-state index in [0.29, 0.717) is 23.7 Å². The first-order valence-corrected chi connectivity index (χ1v) is 11.9. The first-order chi connectivity index (χ1) is 16.0. The third-order valence-electron chi connectivity index (χ3n) is 5.51. The van der Waals surface area contributed by atoms with Crippen molar-refractivity contribution >= 4 is 40.0 Å². The molecule has 1 saturated heterocycles. The van der Waals surface area contributed by atoms with Crippen LogP contribution in [0.25, 0.3) is 5.76 Å². The highest BCUT2D eigenvalue weighted by Gasteiger charge is 2.46. The number of carbonyl (C=O) groups excluding carboxylic acids is 2. The fourth-order valence-corrected chi connectivity index (χ4v) is 4.19. The molecule has 1 aliphatic rings. The van der Waals surface area contributed by atoms with Gasteiger partial charge in [-0.15, -0.1) is 0 Å². The minimum absolute atomic E-state index is 0.0541. The highest BCUT2D eigenvalue weighted by atomic mass is 127. The average Bonchev–Trinajstić information content (AvgIpc) is 3.42. The lowest BCUT2D eigenvalue weighted by Gasteiger charge is -2.24. The first-order valence-electron chi connectivity index (χ1n) is 10.8. The lowest BCUT2D eigenvalue weighted by atomic mass is 9.95. The molecule has 1 unspecified atom stereocenters. The monoisotopic (exact) mass is 557 g/mol. The zero-order chi connectivity index (χ0) is 23.4. The van der Waals surface area contributed by atoms with Crippen LogP contribution in [0.5, 0.6) is 5.75 Å². The van der Waals surface area contributed by atoms with Crippen LogP contribution in [-0.2, 0) is 16.1 Å². The Morgan fingerprint density at radius 3 is 2.61 bits per heavy atom. The molecule has 1 atom stereocenters. The maximum Gasteiger partial charge on any atom is 0.296 e. The maximum atomic E-state index is 13.1. The number of ketones is 1. The Morgan fingerprint density at radius 2 is 1.91 bits per heavy atom. The maximum absolute atomic E-state index is 13.1. The molecule has 33 heavy (non-hydrogen) atoms. The Labute approximate surface area is 206 Å². The van der Waals surface area contributed by atoms with Gasteiger partial charge < -0.3 is 19.2 Å². The molecule has 0 aliphatic carbocycles. The number of likely N-dealkylation sites (tertiary alicyclic amines) is 1. The van der Waals surface area contributed by atoms with Crippen LogP contribution in [-0.4, -0.2) is 28.3 Å². The lowest BCUT2D eigenvalue weighted by molar-refractivity contribution is -0.140. The van der Waals surface area contributed by atoms with Gasteiger partial charge in [-0.05, 0) is 71.0 Å². The van der Waals surface area contributed by atoms with Gasteiger partial charge in [0.2, 0.25) is 0 Å². The van der Waals surface area contributed by atoms with Gasteiger partial charge in [-0.2, -0.15) is 0 Å². The molecule has 0 radical (unpaired) electrons. The minimum atomic E-state index is -0.739. The fourth-order valence-electron chi connectivity index (χ4n) is 3.83. The molecule has 2 aromatic carbocycles. The van der Waals surface area contributed by atoms with Gasteiger partial charge in [0.1, 0.15) is 17.3 Å². The number of rotatable bonds is 8. The molecule has 1 N–H and O–H groups in total. The molecule has 1 aliphatic heterocycles. The molecular formula is C26H24INO5. The Kier molecular flexibility index (Phi) is 7.17. The summed E-state index contributed by atoms with van der Waals surface area (Å²) < 4.78 is 12.2. The van der Waals surface area contributed by atoms with Crippen LogP contribution in [0.15, 0.2) is 76.9 Å². The number of hydrogen-bond acceptors (Lipinski definition) is 5. The molecule has 2 heterocycles. The lowest BCUT2D eigenvalue weighted by Crippen LogP contribution is -2.29. The van der Waals surface area contributed by atoms with Crippen LogP contribution in [0.3, 0.4) is 0 Å². The molecule has 1 fully saturated rings. The highest BCUT2D eigenvalue weighted by molar-refractivity contribution is 14.1. The van der Waals surface area contributed by atoms with Gasteiger partial charge in [0.15, 0.2) is 0 Å². The number of aliphatic hydroxyl groups is 1. The molecule has 4 rings (SSSR count). The second-order valence-corrected chi connectivity index (χ2v) is 9.03. The predicted octanol–water partition coefficient (Wildman–Crippen LogP) is 5.69. The van der Waals surface area contributed by atoms with Crippen LogP contribution < -0.4 is 4.74 Å². The van der Waals surface area contributed by atoms with E-state index in [-0.39, 0.29) is 17.9 Å². The summed E-state index contributed by atoms with van der Waals surface area (Å²) >= 11 is 2.20. The summed E-state index contributed by atoms with van der Waals surface area (Å²) in [6, 6.07) is 17.2. The Balaban J connectivity index is 1.78. The van der Waals surface area contributed by atoms with E-state index in [0.717, 1.165) is 22.0 Å². The van der Waals surface area contributed by atoms with E-state index < -0.39 is 17.7 Å². The normalized spacial score (nSPS) is 17.5. The van der Waals surface area contributed by atoms with E-state index in [4.69, 9.17) is 9.15 Å². The number of unbranched alkanes of at least 4 members (excludes halogenated alkanes) is 1. The highest BCUT2D eigenvalue weighted by Crippen LogP contribution is 2.40. The standard InChI is InChI=1S/C26H24INO5/c1-2-3-13-32-20-7-4-6-18(15-20)24(29)22-23(17-9-11-19(27)12-10-17)28(26(31)25(22)30)16-21-8-5-14-33-21/h4-12,14-15,23,29H,2-3,13,16H2,1H3/b24-22+. The molecule has 6 nitrogen and oxygen atoms in total. The van der Waals surface area contributed by atoms with Crippen molar-refractivity contribution in [2.45, 2.75) is 32.4 Å². The van der Waals surface area contributed by atoms with E-state index in [1.165, 1.54) is 11.2 Å². The van der Waals surface area contributed by atoms with Crippen molar-refractivity contribution in [3.05, 3.63) is 93.0 Å². The number of nitrogens with zero attached hydrogens (tertiary/aromatic N) is 1. The number of aliphatic hydroxyl groups excluding tert-OH is 1. The van der Waals surface area contributed by atoms with Crippen molar-refractivity contribution in [3.63, 3.8) is 0 Å². The first kappa shape index (κ1) is 23.1. The summed E-state index contributed by atoms with van der Waals surface area (Å²) in [6.45, 7) is 2.76. The quantitative estimate of drug-likeness (QED) is 0.127. The van der Waals surface area contributed by atoms with Gasteiger partial charge in [-0.1, -0.05) is 37.6 Å². The van der Waals surface area contributed by atoms with E-state index in [1.807, 2.05) is 24.3 Å². The van der Waals surface area contributed by atoms with Crippen molar-refractivity contribution < 1.29 is 23.8 Å². The van der Waals surface area contributed by atoms with Crippen LogP contribution >= 0.6 is 22.6 Å². The Bertz CT molecular complexity index is 1170. The second kappa shape index (κ2) is 10.2. The van der Waals surface area contributed by atoms with E-state index in [2.05, 4.69) is 29.5 Å². The SMILES string of the molecule is CCCCOc1cccc(/C(O)=C2\C(=O)C(=O)N(Cc3ccco3)C2c2ccc(I)cc2)c1. The van der Waals surface area contributed by atoms with Gasteiger partial charge in [0.05, 0.1) is 31.0 Å². The minimum Gasteiger partial charge on any atom is -0.507 e. The number of furan rings is 1. The fraction of sp³-hybridized carbons (Fsp3) is 0.231. The van der Waals surface area contributed by atoms with Gasteiger partial charge in [0.25, 0.3) is 11.7 Å². The summed E-state index contributed by atoms with van der Waals surface area (Å²) in [5.41, 5.74) is 1.21. The zero-order valence-corrected chi connectivity index (χ0v) is 20.3. The van der Waals surface area contributed by atoms with Gasteiger partial charge in [-0.25, -0.2) is 0 Å². The number of Topliss-reactive ketones (excluding diaryl/α,β-unsaturated/α-hetero) is 1. The van der Waals surface area contributed by atoms with Crippen LogP contribution in [0.1, 0.15) is 42.7 Å². The van der Waals surface area contributed by atoms with E-state index in [9.17, 15) is 14.7 Å². The largest absolute Gasteiger partial charge is 0.507 e. The van der Waals surface area contributed by atoms with Crippen molar-refractivity contribution in [2.75, 3.05) is 6.61 Å². The number of amides is 1. The summed E-state index contributed by atoms with van der Waals surface area (Å²) in [7, 11) is 0.